The number of carbonyl (C=O) groups is 1. The molecule has 132 valence electrons. The number of hydrogen-bond acceptors (Lipinski definition) is 5. The zero-order chi connectivity index (χ0) is 18.1. The molecule has 0 aromatic heterocycles. The molecule has 7 nitrogen and oxygen atoms in total. The van der Waals surface area contributed by atoms with Crippen molar-refractivity contribution in [2.45, 2.75) is 13.0 Å². The molecule has 2 rings (SSSR count). The van der Waals surface area contributed by atoms with Crippen LogP contribution in [0.2, 0.25) is 5.02 Å². The van der Waals surface area contributed by atoms with Crippen LogP contribution in [0, 0.1) is 10.1 Å². The zero-order valence-corrected chi connectivity index (χ0v) is 14.1. The summed E-state index contributed by atoms with van der Waals surface area (Å²) in [6.45, 7) is 0.885. The number of halogens is 1. The highest BCUT2D eigenvalue weighted by Gasteiger charge is 2.10. The van der Waals surface area contributed by atoms with E-state index in [1.807, 2.05) is 30.3 Å². The smallest absolute Gasteiger partial charge is 0.407 e. The van der Waals surface area contributed by atoms with Crippen LogP contribution >= 0.6 is 11.6 Å². The average Bonchev–Trinajstić information content (AvgIpc) is 2.61. The Morgan fingerprint density at radius 3 is 2.64 bits per heavy atom. The maximum absolute atomic E-state index is 11.5. The SMILES string of the molecule is O=C(NCCCOc1ccc([N+](=O)[O-])cc1Cl)OCc1ccccc1. The Morgan fingerprint density at radius 1 is 1.20 bits per heavy atom. The molecule has 0 aliphatic carbocycles. The van der Waals surface area contributed by atoms with E-state index in [2.05, 4.69) is 5.32 Å². The van der Waals surface area contributed by atoms with Gasteiger partial charge in [-0.25, -0.2) is 4.79 Å². The monoisotopic (exact) mass is 364 g/mol. The lowest BCUT2D eigenvalue weighted by atomic mass is 10.2. The van der Waals surface area contributed by atoms with Crippen LogP contribution in [0.25, 0.3) is 0 Å². The second-order valence-corrected chi connectivity index (χ2v) is 5.47. The van der Waals surface area contributed by atoms with Crippen molar-refractivity contribution in [2.24, 2.45) is 0 Å². The number of benzene rings is 2. The molecule has 25 heavy (non-hydrogen) atoms. The van der Waals surface area contributed by atoms with E-state index in [0.29, 0.717) is 25.3 Å². The third-order valence-corrected chi connectivity index (χ3v) is 3.48. The summed E-state index contributed by atoms with van der Waals surface area (Å²) in [7, 11) is 0. The predicted molar refractivity (Wildman–Crippen MR) is 92.8 cm³/mol. The Kier molecular flexibility index (Phi) is 7.03. The summed E-state index contributed by atoms with van der Waals surface area (Å²) < 4.78 is 10.5. The Labute approximate surface area is 149 Å². The summed E-state index contributed by atoms with van der Waals surface area (Å²) in [5.41, 5.74) is 0.814. The summed E-state index contributed by atoms with van der Waals surface area (Å²) in [6.07, 6.45) is 0.0329. The van der Waals surface area contributed by atoms with Gasteiger partial charge in [-0.2, -0.15) is 0 Å². The molecule has 1 N–H and O–H groups in total. The van der Waals surface area contributed by atoms with Gasteiger partial charge < -0.3 is 14.8 Å². The summed E-state index contributed by atoms with van der Waals surface area (Å²) in [5, 5.41) is 13.4. The van der Waals surface area contributed by atoms with Crippen LogP contribution in [0.15, 0.2) is 48.5 Å². The molecular weight excluding hydrogens is 348 g/mol. The van der Waals surface area contributed by atoms with Crippen LogP contribution in [-0.2, 0) is 11.3 Å². The molecule has 2 aromatic rings. The molecule has 0 aliphatic rings. The highest BCUT2D eigenvalue weighted by atomic mass is 35.5. The van der Waals surface area contributed by atoms with Crippen molar-refractivity contribution in [2.75, 3.05) is 13.2 Å². The largest absolute Gasteiger partial charge is 0.492 e. The van der Waals surface area contributed by atoms with E-state index in [4.69, 9.17) is 21.1 Å². The van der Waals surface area contributed by atoms with Crippen molar-refractivity contribution in [3.05, 3.63) is 69.2 Å². The van der Waals surface area contributed by atoms with Crippen LogP contribution in [0.3, 0.4) is 0 Å². The van der Waals surface area contributed by atoms with Crippen LogP contribution < -0.4 is 10.1 Å². The van der Waals surface area contributed by atoms with Crippen LogP contribution in [0.1, 0.15) is 12.0 Å². The summed E-state index contributed by atoms with van der Waals surface area (Å²) in [4.78, 5) is 21.6. The van der Waals surface area contributed by atoms with Crippen LogP contribution in [-0.4, -0.2) is 24.2 Å². The molecule has 0 fully saturated rings. The lowest BCUT2D eigenvalue weighted by molar-refractivity contribution is -0.384. The molecule has 2 aromatic carbocycles. The number of non-ortho nitro benzene ring substituents is 1. The quantitative estimate of drug-likeness (QED) is 0.435. The number of rotatable bonds is 8. The number of nitro groups is 1. The fourth-order valence-corrected chi connectivity index (χ4v) is 2.17. The maximum atomic E-state index is 11.5. The van der Waals surface area contributed by atoms with Gasteiger partial charge in [0.25, 0.3) is 5.69 Å². The molecule has 0 radical (unpaired) electrons. The van der Waals surface area contributed by atoms with Crippen molar-refractivity contribution < 1.29 is 19.2 Å². The van der Waals surface area contributed by atoms with E-state index >= 15 is 0 Å². The van der Waals surface area contributed by atoms with Crippen molar-refractivity contribution in [1.82, 2.24) is 5.32 Å². The Balaban J connectivity index is 1.63. The summed E-state index contributed by atoms with van der Waals surface area (Å²) >= 11 is 5.92. The first-order valence-electron chi connectivity index (χ1n) is 7.57. The molecule has 0 spiro atoms. The molecule has 0 unspecified atom stereocenters. The van der Waals surface area contributed by atoms with Crippen LogP contribution in [0.4, 0.5) is 10.5 Å². The van der Waals surface area contributed by atoms with E-state index in [1.54, 1.807) is 0 Å². The van der Waals surface area contributed by atoms with Crippen LogP contribution in [0.5, 0.6) is 5.75 Å². The third kappa shape index (κ3) is 6.31. The predicted octanol–water partition coefficient (Wildman–Crippen LogP) is 3.94. The molecule has 0 heterocycles. The van der Waals surface area contributed by atoms with E-state index in [1.165, 1.54) is 18.2 Å². The van der Waals surface area contributed by atoms with E-state index in [0.717, 1.165) is 5.56 Å². The Bertz CT molecular complexity index is 724. The number of ether oxygens (including phenoxy) is 2. The number of amides is 1. The summed E-state index contributed by atoms with van der Waals surface area (Å²) in [5.74, 6) is 0.360. The number of nitrogens with one attached hydrogen (secondary N) is 1. The normalized spacial score (nSPS) is 10.1. The first kappa shape index (κ1) is 18.5. The first-order valence-corrected chi connectivity index (χ1v) is 7.95. The van der Waals surface area contributed by atoms with Gasteiger partial charge in [0, 0.05) is 18.7 Å². The molecule has 0 bridgehead atoms. The molecule has 0 aliphatic heterocycles. The molecular formula is C17H17ClN2O5. The highest BCUT2D eigenvalue weighted by Crippen LogP contribution is 2.28. The minimum atomic E-state index is -0.527. The van der Waals surface area contributed by atoms with E-state index in [-0.39, 0.29) is 17.3 Å². The third-order valence-electron chi connectivity index (χ3n) is 3.19. The second-order valence-electron chi connectivity index (χ2n) is 5.06. The number of alkyl carbamates (subject to hydrolysis) is 1. The topological polar surface area (TPSA) is 90.7 Å². The number of carbonyl (C=O) groups excluding carboxylic acids is 1. The highest BCUT2D eigenvalue weighted by molar-refractivity contribution is 6.32. The fraction of sp³-hybridized carbons (Fsp3) is 0.235. The first-order chi connectivity index (χ1) is 12.1. The molecule has 1 amide bonds. The van der Waals surface area contributed by atoms with Crippen molar-refractivity contribution in [1.29, 1.82) is 0 Å². The average molecular weight is 365 g/mol. The Hall–Kier alpha value is -2.80. The lowest BCUT2D eigenvalue weighted by Gasteiger charge is -2.09. The van der Waals surface area contributed by atoms with Gasteiger partial charge in [0.1, 0.15) is 12.4 Å². The Morgan fingerprint density at radius 2 is 1.96 bits per heavy atom. The minimum Gasteiger partial charge on any atom is -0.492 e. The van der Waals surface area contributed by atoms with Gasteiger partial charge in [-0.15, -0.1) is 0 Å². The van der Waals surface area contributed by atoms with Gasteiger partial charge in [0.2, 0.25) is 0 Å². The van der Waals surface area contributed by atoms with Gasteiger partial charge in [0.05, 0.1) is 16.6 Å². The van der Waals surface area contributed by atoms with Gasteiger partial charge >= 0.3 is 6.09 Å². The van der Waals surface area contributed by atoms with Crippen molar-refractivity contribution in [3.8, 4) is 5.75 Å². The number of hydrogen-bond donors (Lipinski definition) is 1. The maximum Gasteiger partial charge on any atom is 0.407 e. The fourth-order valence-electron chi connectivity index (χ4n) is 1.94. The van der Waals surface area contributed by atoms with Gasteiger partial charge in [-0.1, -0.05) is 41.9 Å². The van der Waals surface area contributed by atoms with E-state index in [9.17, 15) is 14.9 Å². The standard InChI is InChI=1S/C17H17ClN2O5/c18-15-11-14(20(22)23)7-8-16(15)24-10-4-9-19-17(21)25-12-13-5-2-1-3-6-13/h1-3,5-8,11H,4,9-10,12H2,(H,19,21). The van der Waals surface area contributed by atoms with Gasteiger partial charge in [-0.05, 0) is 18.1 Å². The molecule has 0 atom stereocenters. The molecule has 0 saturated carbocycles. The molecule has 0 saturated heterocycles. The van der Waals surface area contributed by atoms with E-state index < -0.39 is 11.0 Å². The second kappa shape index (κ2) is 9.48. The zero-order valence-electron chi connectivity index (χ0n) is 13.3. The number of nitro benzene ring substituents is 1. The number of nitrogens with zero attached hydrogens (tertiary/aromatic N) is 1. The van der Waals surface area contributed by atoms with Gasteiger partial charge in [-0.3, -0.25) is 10.1 Å². The summed E-state index contributed by atoms with van der Waals surface area (Å²) in [6, 6.07) is 13.4. The lowest BCUT2D eigenvalue weighted by Crippen LogP contribution is -2.26. The van der Waals surface area contributed by atoms with Crippen molar-refractivity contribution >= 4 is 23.4 Å². The van der Waals surface area contributed by atoms with Crippen molar-refractivity contribution in [3.63, 3.8) is 0 Å². The molecule has 8 heteroatoms. The van der Waals surface area contributed by atoms with Gasteiger partial charge in [0.15, 0.2) is 0 Å². The minimum absolute atomic E-state index is 0.0971.